The highest BCUT2D eigenvalue weighted by Crippen LogP contribution is 2.43. The van der Waals surface area contributed by atoms with Gasteiger partial charge in [-0.2, -0.15) is 4.31 Å². The first kappa shape index (κ1) is 37.0. The fourth-order valence-corrected chi connectivity index (χ4v) is 9.28. The summed E-state index contributed by atoms with van der Waals surface area (Å²) in [6.45, 7) is 2.95. The Morgan fingerprint density at radius 2 is 1.69 bits per heavy atom. The van der Waals surface area contributed by atoms with E-state index in [1.54, 1.807) is 12.1 Å². The van der Waals surface area contributed by atoms with Gasteiger partial charge in [-0.15, -0.1) is 0 Å². The fraction of sp³-hybridized carbons (Fsp3) is 0.357. The quantitative estimate of drug-likeness (QED) is 0.179. The average Bonchev–Trinajstić information content (AvgIpc) is 3.85. The number of sulfonamides is 1. The molecule has 12 nitrogen and oxygen atoms in total. The zero-order valence-corrected chi connectivity index (χ0v) is 31.6. The van der Waals surface area contributed by atoms with Gasteiger partial charge in [0.15, 0.2) is 17.3 Å². The molecule has 0 radical (unpaired) electrons. The molecule has 1 fully saturated rings. The van der Waals surface area contributed by atoms with E-state index in [0.717, 1.165) is 35.6 Å². The molecule has 4 aromatic carbocycles. The van der Waals surface area contributed by atoms with Gasteiger partial charge in [-0.3, -0.25) is 9.69 Å². The molecule has 288 valence electrons. The van der Waals surface area contributed by atoms with Crippen LogP contribution < -0.4 is 14.2 Å². The second kappa shape index (κ2) is 16.0. The number of ether oxygens (including phenoxy) is 5. The topological polar surface area (TPSA) is 127 Å². The molecule has 13 heteroatoms. The number of nitrogens with zero attached hydrogens (tertiary/aromatic N) is 3. The number of amides is 1. The lowest BCUT2D eigenvalue weighted by Crippen LogP contribution is -2.49. The SMILES string of the molecule is COc1ccc(S(=O)(=O)N(CCO)CCO[C@H]2C[C@@H](c3cccc4c3Cc3ccccc3-4)C=C(C(=O)N3CCN(Cc4ccc5c(c4)OCO5)CC3)O2)cc1. The van der Waals surface area contributed by atoms with E-state index in [4.69, 9.17) is 23.7 Å². The van der Waals surface area contributed by atoms with Crippen molar-refractivity contribution in [2.45, 2.75) is 36.5 Å². The molecule has 0 spiro atoms. The van der Waals surface area contributed by atoms with Crippen molar-refractivity contribution in [3.63, 3.8) is 0 Å². The van der Waals surface area contributed by atoms with Gasteiger partial charge < -0.3 is 33.7 Å². The van der Waals surface area contributed by atoms with Gasteiger partial charge in [-0.05, 0) is 82.3 Å². The second-order valence-corrected chi connectivity index (χ2v) is 16.0. The Morgan fingerprint density at radius 3 is 2.49 bits per heavy atom. The Labute approximate surface area is 321 Å². The van der Waals surface area contributed by atoms with Gasteiger partial charge in [0.05, 0.1) is 25.2 Å². The summed E-state index contributed by atoms with van der Waals surface area (Å²) in [5, 5.41) is 9.77. The van der Waals surface area contributed by atoms with Crippen LogP contribution in [0.2, 0.25) is 0 Å². The third-order valence-electron chi connectivity index (χ3n) is 10.7. The lowest BCUT2D eigenvalue weighted by molar-refractivity contribution is -0.154. The molecule has 3 aliphatic heterocycles. The van der Waals surface area contributed by atoms with Crippen LogP contribution in [0.15, 0.2) is 102 Å². The zero-order chi connectivity index (χ0) is 37.9. The second-order valence-electron chi connectivity index (χ2n) is 14.1. The van der Waals surface area contributed by atoms with E-state index in [1.807, 2.05) is 29.2 Å². The number of methoxy groups -OCH3 is 1. The number of allylic oxidation sites excluding steroid dienone is 1. The molecular formula is C42H45N3O9S. The van der Waals surface area contributed by atoms with E-state index in [-0.39, 0.29) is 55.6 Å². The van der Waals surface area contributed by atoms with Crippen LogP contribution in [0.3, 0.4) is 0 Å². The maximum absolute atomic E-state index is 14.2. The van der Waals surface area contributed by atoms with Crippen molar-refractivity contribution in [2.75, 3.05) is 66.4 Å². The number of carbonyl (C=O) groups excluding carboxylic acids is 1. The molecule has 1 aliphatic carbocycles. The van der Waals surface area contributed by atoms with Gasteiger partial charge in [0.2, 0.25) is 23.1 Å². The van der Waals surface area contributed by atoms with E-state index in [2.05, 4.69) is 47.4 Å². The number of hydrogen-bond acceptors (Lipinski definition) is 10. The molecule has 0 saturated carbocycles. The lowest BCUT2D eigenvalue weighted by Gasteiger charge is -2.37. The van der Waals surface area contributed by atoms with Crippen molar-refractivity contribution in [3.05, 3.63) is 119 Å². The predicted octanol–water partition coefficient (Wildman–Crippen LogP) is 4.75. The lowest BCUT2D eigenvalue weighted by atomic mass is 9.87. The van der Waals surface area contributed by atoms with Crippen LogP contribution in [0.5, 0.6) is 17.2 Å². The van der Waals surface area contributed by atoms with E-state index in [1.165, 1.54) is 45.8 Å². The van der Waals surface area contributed by atoms with Crippen molar-refractivity contribution in [1.82, 2.24) is 14.1 Å². The predicted molar refractivity (Wildman–Crippen MR) is 204 cm³/mol. The van der Waals surface area contributed by atoms with Crippen LogP contribution in [-0.2, 0) is 37.3 Å². The van der Waals surface area contributed by atoms with Gasteiger partial charge in [0.25, 0.3) is 5.91 Å². The summed E-state index contributed by atoms with van der Waals surface area (Å²) in [7, 11) is -2.42. The molecule has 8 rings (SSSR count). The molecule has 3 heterocycles. The van der Waals surface area contributed by atoms with Crippen LogP contribution in [0.25, 0.3) is 11.1 Å². The first-order valence-corrected chi connectivity index (χ1v) is 20.1. The Bertz CT molecular complexity index is 2170. The highest BCUT2D eigenvalue weighted by molar-refractivity contribution is 7.89. The standard InChI is InChI=1S/C42H45N3O9S/c1-50-32-10-12-33(13-11-32)55(48,49)45(19-21-46)20-22-51-41-26-31(35-7-4-8-36-34-6-3-2-5-30(34)24-37(35)36)25-40(54-41)42(47)44-17-15-43(16-18-44)27-29-9-14-38-39(23-29)53-28-52-38/h2-14,23,25,31,41,46H,15-22,24,26-28H2,1H3/t31-,41+/m0/s1. The van der Waals surface area contributed by atoms with Crippen LogP contribution in [0.4, 0.5) is 0 Å². The van der Waals surface area contributed by atoms with Crippen LogP contribution in [0, 0.1) is 0 Å². The van der Waals surface area contributed by atoms with Crippen LogP contribution in [-0.4, -0.2) is 106 Å². The Hall–Kier alpha value is -4.92. The van der Waals surface area contributed by atoms with Crippen molar-refractivity contribution in [2.24, 2.45) is 0 Å². The zero-order valence-electron chi connectivity index (χ0n) is 30.8. The number of piperazine rings is 1. The highest BCUT2D eigenvalue weighted by Gasteiger charge is 2.35. The molecular weight excluding hydrogens is 723 g/mol. The number of aliphatic hydroxyl groups is 1. The maximum atomic E-state index is 14.2. The fourth-order valence-electron chi connectivity index (χ4n) is 7.87. The third-order valence-corrected chi connectivity index (χ3v) is 12.7. The Balaban J connectivity index is 0.980. The molecule has 1 amide bonds. The minimum atomic E-state index is -3.94. The van der Waals surface area contributed by atoms with Crippen molar-refractivity contribution in [3.8, 4) is 28.4 Å². The molecule has 1 N–H and O–H groups in total. The van der Waals surface area contributed by atoms with Gasteiger partial charge in [-0.25, -0.2) is 8.42 Å². The first-order valence-electron chi connectivity index (χ1n) is 18.7. The summed E-state index contributed by atoms with van der Waals surface area (Å²) in [5.41, 5.74) is 7.16. The molecule has 4 aliphatic rings. The molecule has 0 aromatic heterocycles. The summed E-state index contributed by atoms with van der Waals surface area (Å²) in [6.07, 6.45) is 2.37. The minimum Gasteiger partial charge on any atom is -0.497 e. The smallest absolute Gasteiger partial charge is 0.288 e. The van der Waals surface area contributed by atoms with Gasteiger partial charge in [0.1, 0.15) is 5.75 Å². The largest absolute Gasteiger partial charge is 0.497 e. The Morgan fingerprint density at radius 1 is 0.909 bits per heavy atom. The molecule has 2 atom stereocenters. The van der Waals surface area contributed by atoms with Gasteiger partial charge in [-0.1, -0.05) is 48.5 Å². The van der Waals surface area contributed by atoms with Crippen molar-refractivity contribution < 1.29 is 42.0 Å². The average molecular weight is 768 g/mol. The van der Waals surface area contributed by atoms with Gasteiger partial charge in [0, 0.05) is 58.2 Å². The van der Waals surface area contributed by atoms with E-state index in [9.17, 15) is 18.3 Å². The summed E-state index contributed by atoms with van der Waals surface area (Å²) >= 11 is 0. The summed E-state index contributed by atoms with van der Waals surface area (Å²) in [5.74, 6) is 1.91. The molecule has 0 unspecified atom stereocenters. The maximum Gasteiger partial charge on any atom is 0.288 e. The molecule has 55 heavy (non-hydrogen) atoms. The normalized spacial score (nSPS) is 19.1. The van der Waals surface area contributed by atoms with Crippen LogP contribution >= 0.6 is 0 Å². The molecule has 4 aromatic rings. The summed E-state index contributed by atoms with van der Waals surface area (Å²) in [6, 6.07) is 26.9. The molecule has 1 saturated heterocycles. The minimum absolute atomic E-state index is 0.00882. The van der Waals surface area contributed by atoms with Crippen molar-refractivity contribution in [1.29, 1.82) is 0 Å². The number of benzene rings is 4. The Kier molecular flexibility index (Phi) is 10.8. The van der Waals surface area contributed by atoms with Crippen LogP contribution in [0.1, 0.15) is 34.6 Å². The van der Waals surface area contributed by atoms with E-state index >= 15 is 0 Å². The van der Waals surface area contributed by atoms with E-state index in [0.29, 0.717) is 38.3 Å². The number of fused-ring (bicyclic) bond motifs is 4. The monoisotopic (exact) mass is 767 g/mol. The number of rotatable bonds is 13. The third kappa shape index (κ3) is 7.80. The summed E-state index contributed by atoms with van der Waals surface area (Å²) in [4.78, 5) is 18.4. The summed E-state index contributed by atoms with van der Waals surface area (Å²) < 4.78 is 57.1. The molecule has 0 bridgehead atoms. The first-order chi connectivity index (χ1) is 26.8. The number of hydrogen-bond donors (Lipinski definition) is 1. The van der Waals surface area contributed by atoms with E-state index < -0.39 is 16.3 Å². The number of carbonyl (C=O) groups is 1. The van der Waals surface area contributed by atoms with Crippen molar-refractivity contribution >= 4 is 15.9 Å². The highest BCUT2D eigenvalue weighted by atomic mass is 32.2. The number of aliphatic hydroxyl groups excluding tert-OH is 1. The van der Waals surface area contributed by atoms with Gasteiger partial charge >= 0.3 is 0 Å².